The summed E-state index contributed by atoms with van der Waals surface area (Å²) in [5.74, 6) is 0.0546. The minimum Gasteiger partial charge on any atom is -0.508 e. The van der Waals surface area contributed by atoms with Gasteiger partial charge in [0.25, 0.3) is 0 Å². The third-order valence-electron chi connectivity index (χ3n) is 2.56. The summed E-state index contributed by atoms with van der Waals surface area (Å²) in [6, 6.07) is 6.18. The maximum Gasteiger partial charge on any atom is 0.185 e. The normalized spacial score (nSPS) is 10.9. The van der Waals surface area contributed by atoms with E-state index in [0.29, 0.717) is 5.56 Å². The van der Waals surface area contributed by atoms with E-state index in [1.807, 2.05) is 13.1 Å². The quantitative estimate of drug-likeness (QED) is 0.662. The number of aromatic hydroxyl groups is 1. The van der Waals surface area contributed by atoms with E-state index in [1.165, 1.54) is 18.2 Å². The molecule has 92 valence electrons. The van der Waals surface area contributed by atoms with Gasteiger partial charge in [-0.15, -0.1) is 0 Å². The van der Waals surface area contributed by atoms with Crippen LogP contribution in [0.15, 0.2) is 42.7 Å². The molecule has 0 unspecified atom stereocenters. The first kappa shape index (κ1) is 12.1. The number of phenols is 1. The van der Waals surface area contributed by atoms with Gasteiger partial charge in [0.05, 0.1) is 6.20 Å². The molecule has 1 aromatic heterocycles. The van der Waals surface area contributed by atoms with Gasteiger partial charge in [-0.1, -0.05) is 0 Å². The summed E-state index contributed by atoms with van der Waals surface area (Å²) in [5, 5.41) is 13.3. The monoisotopic (exact) mass is 242 g/mol. The Kier molecular flexibility index (Phi) is 3.57. The minimum absolute atomic E-state index is 0.0979. The highest BCUT2D eigenvalue weighted by Gasteiger charge is 2.01. The van der Waals surface area contributed by atoms with E-state index < -0.39 is 0 Å². The largest absolute Gasteiger partial charge is 0.508 e. The Morgan fingerprint density at radius 1 is 1.39 bits per heavy atom. The van der Waals surface area contributed by atoms with Crippen molar-refractivity contribution in [3.63, 3.8) is 0 Å². The van der Waals surface area contributed by atoms with Gasteiger partial charge < -0.3 is 5.11 Å². The summed E-state index contributed by atoms with van der Waals surface area (Å²) in [6.45, 7) is 2.81. The first-order valence-corrected chi connectivity index (χ1v) is 5.73. The Morgan fingerprint density at radius 2 is 2.11 bits per heavy atom. The Balaban J connectivity index is 2.09. The fourth-order valence-corrected chi connectivity index (χ4v) is 1.53. The molecule has 0 spiro atoms. The first-order valence-electron chi connectivity index (χ1n) is 5.73. The molecule has 0 fully saturated rings. The fraction of sp³-hybridized carbons (Fsp3) is 0.143. The maximum atomic E-state index is 11.8. The zero-order chi connectivity index (χ0) is 13.0. The average molecular weight is 242 g/mol. The van der Waals surface area contributed by atoms with Crippen molar-refractivity contribution >= 4 is 11.9 Å². The standard InChI is InChI=1S/C14H14N2O2/c1-2-16-10-11(9-15-16)3-8-14(18)12-4-6-13(17)7-5-12/h3-10,17H,2H2,1H3/b8-3-. The predicted octanol–water partition coefficient (Wildman–Crippen LogP) is 2.50. The Bertz CT molecular complexity index is 568. The van der Waals surface area contributed by atoms with Crippen LogP contribution >= 0.6 is 0 Å². The molecule has 1 N–H and O–H groups in total. The van der Waals surface area contributed by atoms with E-state index in [1.54, 1.807) is 29.1 Å². The second kappa shape index (κ2) is 5.31. The van der Waals surface area contributed by atoms with Crippen LogP contribution in [0.4, 0.5) is 0 Å². The van der Waals surface area contributed by atoms with Gasteiger partial charge >= 0.3 is 0 Å². The summed E-state index contributed by atoms with van der Waals surface area (Å²) < 4.78 is 1.80. The number of ketones is 1. The molecule has 0 aliphatic heterocycles. The van der Waals surface area contributed by atoms with Crippen molar-refractivity contribution in [2.75, 3.05) is 0 Å². The number of carbonyl (C=O) groups is 1. The highest BCUT2D eigenvalue weighted by atomic mass is 16.3. The van der Waals surface area contributed by atoms with Crippen LogP contribution in [0, 0.1) is 0 Å². The Labute approximate surface area is 105 Å². The van der Waals surface area contributed by atoms with Crippen LogP contribution in [0.25, 0.3) is 6.08 Å². The molecule has 0 saturated carbocycles. The van der Waals surface area contributed by atoms with Gasteiger partial charge in [-0.2, -0.15) is 5.10 Å². The molecular formula is C14H14N2O2. The Hall–Kier alpha value is -2.36. The molecule has 0 radical (unpaired) electrons. The first-order chi connectivity index (χ1) is 8.69. The van der Waals surface area contributed by atoms with E-state index in [4.69, 9.17) is 5.11 Å². The van der Waals surface area contributed by atoms with Gasteiger partial charge in [0, 0.05) is 23.9 Å². The fourth-order valence-electron chi connectivity index (χ4n) is 1.53. The smallest absolute Gasteiger partial charge is 0.185 e. The van der Waals surface area contributed by atoms with Crippen molar-refractivity contribution in [1.29, 1.82) is 0 Å². The number of aryl methyl sites for hydroxylation is 1. The van der Waals surface area contributed by atoms with E-state index in [9.17, 15) is 4.79 Å². The van der Waals surface area contributed by atoms with Crippen molar-refractivity contribution in [2.45, 2.75) is 13.5 Å². The number of hydrogen-bond acceptors (Lipinski definition) is 3. The maximum absolute atomic E-state index is 11.8. The van der Waals surface area contributed by atoms with Crippen molar-refractivity contribution < 1.29 is 9.90 Å². The molecule has 0 saturated heterocycles. The molecule has 18 heavy (non-hydrogen) atoms. The second-order valence-electron chi connectivity index (χ2n) is 3.87. The third kappa shape index (κ3) is 2.85. The molecule has 1 aromatic carbocycles. The molecule has 1 heterocycles. The van der Waals surface area contributed by atoms with Crippen LogP contribution in [0.2, 0.25) is 0 Å². The number of hydrogen-bond donors (Lipinski definition) is 1. The molecule has 2 rings (SSSR count). The van der Waals surface area contributed by atoms with Crippen molar-refractivity contribution in [3.05, 3.63) is 53.9 Å². The lowest BCUT2D eigenvalue weighted by Gasteiger charge is -1.95. The van der Waals surface area contributed by atoms with Crippen LogP contribution in [0.1, 0.15) is 22.8 Å². The Morgan fingerprint density at radius 3 is 2.72 bits per heavy atom. The van der Waals surface area contributed by atoms with Gasteiger partial charge in [0.1, 0.15) is 5.75 Å². The molecule has 0 bridgehead atoms. The second-order valence-corrected chi connectivity index (χ2v) is 3.87. The number of allylic oxidation sites excluding steroid dienone is 1. The van der Waals surface area contributed by atoms with E-state index >= 15 is 0 Å². The molecule has 4 nitrogen and oxygen atoms in total. The molecule has 0 atom stereocenters. The number of carbonyl (C=O) groups excluding carboxylic acids is 1. The summed E-state index contributed by atoms with van der Waals surface area (Å²) in [5.41, 5.74) is 1.44. The summed E-state index contributed by atoms with van der Waals surface area (Å²) in [4.78, 5) is 11.8. The summed E-state index contributed by atoms with van der Waals surface area (Å²) in [6.07, 6.45) is 6.82. The number of rotatable bonds is 4. The number of nitrogens with zero attached hydrogens (tertiary/aromatic N) is 2. The molecule has 0 aliphatic rings. The lowest BCUT2D eigenvalue weighted by Crippen LogP contribution is -1.93. The van der Waals surface area contributed by atoms with Crippen LogP contribution < -0.4 is 0 Å². The number of benzene rings is 1. The summed E-state index contributed by atoms with van der Waals surface area (Å²) >= 11 is 0. The SMILES string of the molecule is CCn1cc(/C=C\C(=O)c2ccc(O)cc2)cn1. The highest BCUT2D eigenvalue weighted by molar-refractivity contribution is 6.06. The van der Waals surface area contributed by atoms with Gasteiger partial charge in [-0.3, -0.25) is 9.48 Å². The highest BCUT2D eigenvalue weighted by Crippen LogP contribution is 2.11. The lowest BCUT2D eigenvalue weighted by atomic mass is 10.1. The van der Waals surface area contributed by atoms with Gasteiger partial charge in [0.2, 0.25) is 0 Å². The van der Waals surface area contributed by atoms with Crippen LogP contribution in [-0.4, -0.2) is 20.7 Å². The molecule has 0 aliphatic carbocycles. The van der Waals surface area contributed by atoms with Gasteiger partial charge in [-0.25, -0.2) is 0 Å². The van der Waals surface area contributed by atoms with Crippen LogP contribution in [0.3, 0.4) is 0 Å². The van der Waals surface area contributed by atoms with E-state index in [2.05, 4.69) is 5.10 Å². The molecule has 2 aromatic rings. The zero-order valence-electron chi connectivity index (χ0n) is 10.1. The molecule has 4 heteroatoms. The predicted molar refractivity (Wildman–Crippen MR) is 69.4 cm³/mol. The topological polar surface area (TPSA) is 55.1 Å². The number of phenolic OH excluding ortho intramolecular Hbond substituents is 1. The van der Waals surface area contributed by atoms with Crippen LogP contribution in [-0.2, 0) is 6.54 Å². The summed E-state index contributed by atoms with van der Waals surface area (Å²) in [7, 11) is 0. The third-order valence-corrected chi connectivity index (χ3v) is 2.56. The van der Waals surface area contributed by atoms with Crippen LogP contribution in [0.5, 0.6) is 5.75 Å². The van der Waals surface area contributed by atoms with Crippen molar-refractivity contribution in [3.8, 4) is 5.75 Å². The number of aromatic nitrogens is 2. The lowest BCUT2D eigenvalue weighted by molar-refractivity contribution is 0.104. The molecular weight excluding hydrogens is 228 g/mol. The van der Waals surface area contributed by atoms with Gasteiger partial charge in [0.15, 0.2) is 5.78 Å². The van der Waals surface area contributed by atoms with E-state index in [-0.39, 0.29) is 11.5 Å². The zero-order valence-corrected chi connectivity index (χ0v) is 10.1. The minimum atomic E-state index is -0.0979. The average Bonchev–Trinajstić information content (AvgIpc) is 2.85. The molecule has 0 amide bonds. The van der Waals surface area contributed by atoms with E-state index in [0.717, 1.165) is 12.1 Å². The van der Waals surface area contributed by atoms with Crippen molar-refractivity contribution in [1.82, 2.24) is 9.78 Å². The van der Waals surface area contributed by atoms with Gasteiger partial charge in [-0.05, 0) is 43.3 Å². The van der Waals surface area contributed by atoms with Crippen molar-refractivity contribution in [2.24, 2.45) is 0 Å².